The van der Waals surface area contributed by atoms with Gasteiger partial charge in [-0.05, 0) is 30.5 Å². The van der Waals surface area contributed by atoms with Gasteiger partial charge < -0.3 is 10.6 Å². The molecule has 0 aliphatic heterocycles. The Morgan fingerprint density at radius 1 is 1.00 bits per heavy atom. The van der Waals surface area contributed by atoms with Crippen LogP contribution in [0.2, 0.25) is 0 Å². The van der Waals surface area contributed by atoms with E-state index in [1.807, 2.05) is 18.2 Å². The normalized spacial score (nSPS) is 15.4. The highest BCUT2D eigenvalue weighted by atomic mass is 15.3. The lowest BCUT2D eigenvalue weighted by Gasteiger charge is -2.29. The second-order valence-electron chi connectivity index (χ2n) is 5.37. The topological polar surface area (TPSA) is 55.0 Å². The third-order valence-electron chi connectivity index (χ3n) is 3.93. The summed E-state index contributed by atoms with van der Waals surface area (Å²) in [5.74, 6) is 1.40. The lowest BCUT2D eigenvalue weighted by atomic mass is 10.1. The standard InChI is InChI=1S/C16H20N4/c17-15-10-11-16(19-18-15)20(14-8-4-5-9-14)12-13-6-2-1-3-7-13/h1-3,6-7,10-11,14H,4-5,8-9,12H2,(H2,17,18). The molecule has 0 spiro atoms. The molecular formula is C16H20N4. The molecule has 1 fully saturated rings. The maximum atomic E-state index is 5.64. The fraction of sp³-hybridized carbons (Fsp3) is 0.375. The highest BCUT2D eigenvalue weighted by Crippen LogP contribution is 2.28. The van der Waals surface area contributed by atoms with E-state index in [1.165, 1.54) is 31.2 Å². The van der Waals surface area contributed by atoms with E-state index in [-0.39, 0.29) is 0 Å². The molecule has 3 rings (SSSR count). The van der Waals surface area contributed by atoms with Gasteiger partial charge in [-0.2, -0.15) is 0 Å². The first-order chi connectivity index (χ1) is 9.83. The minimum Gasteiger partial charge on any atom is -0.382 e. The van der Waals surface area contributed by atoms with Crippen LogP contribution in [0, 0.1) is 0 Å². The van der Waals surface area contributed by atoms with Crippen molar-refractivity contribution < 1.29 is 0 Å². The van der Waals surface area contributed by atoms with Crippen molar-refractivity contribution in [1.29, 1.82) is 0 Å². The van der Waals surface area contributed by atoms with Gasteiger partial charge >= 0.3 is 0 Å². The molecule has 1 saturated carbocycles. The lowest BCUT2D eigenvalue weighted by molar-refractivity contribution is 0.594. The van der Waals surface area contributed by atoms with E-state index in [1.54, 1.807) is 0 Å². The molecule has 4 heteroatoms. The van der Waals surface area contributed by atoms with E-state index in [2.05, 4.69) is 39.4 Å². The number of aromatic nitrogens is 2. The van der Waals surface area contributed by atoms with Gasteiger partial charge in [-0.15, -0.1) is 10.2 Å². The number of hydrogen-bond donors (Lipinski definition) is 1. The van der Waals surface area contributed by atoms with Crippen LogP contribution in [-0.4, -0.2) is 16.2 Å². The van der Waals surface area contributed by atoms with Crippen molar-refractivity contribution in [2.45, 2.75) is 38.3 Å². The Bertz CT molecular complexity index is 532. The molecule has 0 amide bonds. The number of anilines is 2. The summed E-state index contributed by atoms with van der Waals surface area (Å²) in [6, 6.07) is 14.9. The van der Waals surface area contributed by atoms with Crippen LogP contribution in [0.5, 0.6) is 0 Å². The van der Waals surface area contributed by atoms with E-state index in [4.69, 9.17) is 5.73 Å². The van der Waals surface area contributed by atoms with E-state index in [0.29, 0.717) is 11.9 Å². The highest BCUT2D eigenvalue weighted by molar-refractivity contribution is 5.43. The SMILES string of the molecule is Nc1ccc(N(Cc2ccccc2)C2CCCC2)nn1. The Hall–Kier alpha value is -2.10. The molecule has 0 bridgehead atoms. The van der Waals surface area contributed by atoms with Crippen molar-refractivity contribution in [3.05, 3.63) is 48.0 Å². The quantitative estimate of drug-likeness (QED) is 0.926. The first-order valence-electron chi connectivity index (χ1n) is 7.23. The van der Waals surface area contributed by atoms with Crippen molar-refractivity contribution in [2.24, 2.45) is 0 Å². The van der Waals surface area contributed by atoms with Crippen LogP contribution in [0.1, 0.15) is 31.2 Å². The average Bonchev–Trinajstić information content (AvgIpc) is 3.01. The maximum Gasteiger partial charge on any atom is 0.151 e. The number of nitrogens with zero attached hydrogens (tertiary/aromatic N) is 3. The highest BCUT2D eigenvalue weighted by Gasteiger charge is 2.24. The molecule has 2 aromatic rings. The lowest BCUT2D eigenvalue weighted by Crippen LogP contribution is -2.33. The summed E-state index contributed by atoms with van der Waals surface area (Å²) in [4.78, 5) is 2.37. The number of nitrogen functional groups attached to an aromatic ring is 1. The van der Waals surface area contributed by atoms with Crippen LogP contribution in [0.25, 0.3) is 0 Å². The molecule has 2 N–H and O–H groups in total. The summed E-state index contributed by atoms with van der Waals surface area (Å²) < 4.78 is 0. The summed E-state index contributed by atoms with van der Waals surface area (Å²) in [5, 5.41) is 8.27. The smallest absolute Gasteiger partial charge is 0.151 e. The van der Waals surface area contributed by atoms with Crippen molar-refractivity contribution in [1.82, 2.24) is 10.2 Å². The van der Waals surface area contributed by atoms with Crippen LogP contribution >= 0.6 is 0 Å². The van der Waals surface area contributed by atoms with Gasteiger partial charge in [0.25, 0.3) is 0 Å². The van der Waals surface area contributed by atoms with Gasteiger partial charge in [-0.3, -0.25) is 0 Å². The second kappa shape index (κ2) is 5.90. The number of hydrogen-bond acceptors (Lipinski definition) is 4. The molecule has 1 heterocycles. The molecule has 1 aliphatic carbocycles. The number of nitrogens with two attached hydrogens (primary N) is 1. The fourth-order valence-electron chi connectivity index (χ4n) is 2.88. The Kier molecular flexibility index (Phi) is 3.81. The summed E-state index contributed by atoms with van der Waals surface area (Å²) in [7, 11) is 0. The monoisotopic (exact) mass is 268 g/mol. The van der Waals surface area contributed by atoms with E-state index in [9.17, 15) is 0 Å². The Balaban J connectivity index is 1.85. The number of rotatable bonds is 4. The van der Waals surface area contributed by atoms with Crippen molar-refractivity contribution >= 4 is 11.6 Å². The molecule has 0 saturated heterocycles. The summed E-state index contributed by atoms with van der Waals surface area (Å²) >= 11 is 0. The second-order valence-corrected chi connectivity index (χ2v) is 5.37. The third-order valence-corrected chi connectivity index (χ3v) is 3.93. The molecule has 1 aliphatic rings. The van der Waals surface area contributed by atoms with Gasteiger partial charge in [0.2, 0.25) is 0 Å². The summed E-state index contributed by atoms with van der Waals surface area (Å²) in [6.07, 6.45) is 5.08. The molecule has 0 atom stereocenters. The molecule has 4 nitrogen and oxygen atoms in total. The van der Waals surface area contributed by atoms with Crippen LogP contribution in [0.4, 0.5) is 11.6 Å². The Labute approximate surface area is 119 Å². The van der Waals surface area contributed by atoms with Crippen molar-refractivity contribution in [2.75, 3.05) is 10.6 Å². The first-order valence-corrected chi connectivity index (χ1v) is 7.23. The molecule has 1 aromatic carbocycles. The molecule has 0 radical (unpaired) electrons. The fourth-order valence-corrected chi connectivity index (χ4v) is 2.88. The zero-order valence-electron chi connectivity index (χ0n) is 11.6. The average molecular weight is 268 g/mol. The van der Waals surface area contributed by atoms with E-state index >= 15 is 0 Å². The van der Waals surface area contributed by atoms with Gasteiger partial charge in [0.1, 0.15) is 5.82 Å². The van der Waals surface area contributed by atoms with Crippen LogP contribution in [-0.2, 0) is 6.54 Å². The van der Waals surface area contributed by atoms with Gasteiger partial charge in [0, 0.05) is 12.6 Å². The van der Waals surface area contributed by atoms with Gasteiger partial charge in [-0.25, -0.2) is 0 Å². The predicted octanol–water partition coefficient (Wildman–Crippen LogP) is 3.01. The zero-order valence-corrected chi connectivity index (χ0v) is 11.6. The molecule has 0 unspecified atom stereocenters. The minimum atomic E-state index is 0.472. The zero-order chi connectivity index (χ0) is 13.8. The maximum absolute atomic E-state index is 5.64. The Morgan fingerprint density at radius 3 is 2.40 bits per heavy atom. The number of benzene rings is 1. The summed E-state index contributed by atoms with van der Waals surface area (Å²) in [6.45, 7) is 0.879. The molecule has 104 valence electrons. The van der Waals surface area contributed by atoms with E-state index < -0.39 is 0 Å². The molecule has 1 aromatic heterocycles. The molecule has 20 heavy (non-hydrogen) atoms. The first kappa shape index (κ1) is 12.9. The van der Waals surface area contributed by atoms with E-state index in [0.717, 1.165) is 12.4 Å². The van der Waals surface area contributed by atoms with Crippen molar-refractivity contribution in [3.63, 3.8) is 0 Å². The van der Waals surface area contributed by atoms with Gasteiger partial charge in [0.15, 0.2) is 5.82 Å². The van der Waals surface area contributed by atoms with Crippen LogP contribution in [0.15, 0.2) is 42.5 Å². The summed E-state index contributed by atoms with van der Waals surface area (Å²) in [5.41, 5.74) is 6.94. The third kappa shape index (κ3) is 2.90. The van der Waals surface area contributed by atoms with Gasteiger partial charge in [0.05, 0.1) is 0 Å². The van der Waals surface area contributed by atoms with Gasteiger partial charge in [-0.1, -0.05) is 43.2 Å². The predicted molar refractivity (Wildman–Crippen MR) is 81.3 cm³/mol. The van der Waals surface area contributed by atoms with Crippen LogP contribution in [0.3, 0.4) is 0 Å². The Morgan fingerprint density at radius 2 is 1.75 bits per heavy atom. The molecular weight excluding hydrogens is 248 g/mol. The van der Waals surface area contributed by atoms with Crippen molar-refractivity contribution in [3.8, 4) is 0 Å². The largest absolute Gasteiger partial charge is 0.382 e. The van der Waals surface area contributed by atoms with Crippen LogP contribution < -0.4 is 10.6 Å². The minimum absolute atomic E-state index is 0.472.